The van der Waals surface area contributed by atoms with Gasteiger partial charge in [-0.25, -0.2) is 0 Å². The average molecular weight is 459 g/mol. The van der Waals surface area contributed by atoms with Crippen LogP contribution in [0.5, 0.6) is 0 Å². The SMILES string of the molecule is CC(Sc1ccc(NC(=O)Cc2ccccc2)cc1)C(=O)Nc1cccc(Cl)c1Cl. The van der Waals surface area contributed by atoms with Crippen LogP contribution in [0.4, 0.5) is 11.4 Å². The molecule has 3 aromatic carbocycles. The molecule has 154 valence electrons. The highest BCUT2D eigenvalue weighted by atomic mass is 35.5. The molecule has 0 spiro atoms. The van der Waals surface area contributed by atoms with E-state index in [0.717, 1.165) is 10.5 Å². The molecule has 3 rings (SSSR count). The van der Waals surface area contributed by atoms with Gasteiger partial charge >= 0.3 is 0 Å². The summed E-state index contributed by atoms with van der Waals surface area (Å²) in [7, 11) is 0. The summed E-state index contributed by atoms with van der Waals surface area (Å²) < 4.78 is 0. The van der Waals surface area contributed by atoms with E-state index < -0.39 is 0 Å². The van der Waals surface area contributed by atoms with E-state index >= 15 is 0 Å². The van der Waals surface area contributed by atoms with Crippen molar-refractivity contribution in [3.63, 3.8) is 0 Å². The van der Waals surface area contributed by atoms with Crippen LogP contribution < -0.4 is 10.6 Å². The summed E-state index contributed by atoms with van der Waals surface area (Å²) in [6, 6.07) is 22.1. The molecule has 30 heavy (non-hydrogen) atoms. The van der Waals surface area contributed by atoms with Gasteiger partial charge in [0.25, 0.3) is 0 Å². The molecule has 0 aliphatic heterocycles. The number of hydrogen-bond acceptors (Lipinski definition) is 3. The number of anilines is 2. The van der Waals surface area contributed by atoms with E-state index in [1.807, 2.05) is 61.5 Å². The van der Waals surface area contributed by atoms with Crippen LogP contribution in [0, 0.1) is 0 Å². The second-order valence-corrected chi connectivity index (χ2v) is 8.79. The number of carbonyl (C=O) groups is 2. The zero-order valence-corrected chi connectivity index (χ0v) is 18.5. The van der Waals surface area contributed by atoms with Crippen LogP contribution in [0.3, 0.4) is 0 Å². The van der Waals surface area contributed by atoms with Crippen molar-refractivity contribution in [3.05, 3.63) is 88.4 Å². The van der Waals surface area contributed by atoms with E-state index in [0.29, 0.717) is 27.8 Å². The first-order valence-electron chi connectivity index (χ1n) is 9.28. The first-order valence-corrected chi connectivity index (χ1v) is 10.9. The number of amides is 2. The molecule has 2 N–H and O–H groups in total. The van der Waals surface area contributed by atoms with Crippen molar-refractivity contribution in [2.75, 3.05) is 10.6 Å². The number of thioether (sulfide) groups is 1. The maximum atomic E-state index is 12.5. The monoisotopic (exact) mass is 458 g/mol. The van der Waals surface area contributed by atoms with Crippen LogP contribution in [0.2, 0.25) is 10.0 Å². The lowest BCUT2D eigenvalue weighted by molar-refractivity contribution is -0.116. The van der Waals surface area contributed by atoms with E-state index in [4.69, 9.17) is 23.2 Å². The van der Waals surface area contributed by atoms with E-state index in [1.54, 1.807) is 18.2 Å². The molecule has 7 heteroatoms. The standard InChI is InChI=1S/C23H20Cl2N2O2S/c1-15(23(29)27-20-9-5-8-19(24)22(20)25)30-18-12-10-17(11-13-18)26-21(28)14-16-6-3-2-4-7-16/h2-13,15H,14H2,1H3,(H,26,28)(H,27,29). The molecule has 0 heterocycles. The third kappa shape index (κ3) is 6.26. The van der Waals surface area contributed by atoms with Gasteiger partial charge in [0, 0.05) is 10.6 Å². The molecule has 0 saturated heterocycles. The largest absolute Gasteiger partial charge is 0.326 e. The van der Waals surface area contributed by atoms with E-state index in [1.165, 1.54) is 11.8 Å². The van der Waals surface area contributed by atoms with Gasteiger partial charge in [-0.3, -0.25) is 9.59 Å². The highest BCUT2D eigenvalue weighted by Gasteiger charge is 2.16. The second-order valence-electron chi connectivity index (χ2n) is 6.59. The van der Waals surface area contributed by atoms with Crippen molar-refractivity contribution in [3.8, 4) is 0 Å². The lowest BCUT2D eigenvalue weighted by Crippen LogP contribution is -2.22. The molecule has 0 aromatic heterocycles. The summed E-state index contributed by atoms with van der Waals surface area (Å²) in [4.78, 5) is 25.6. The number of halogens is 2. The number of hydrogen-bond donors (Lipinski definition) is 2. The third-order valence-corrected chi connectivity index (χ3v) is 6.17. The Morgan fingerprint density at radius 1 is 0.900 bits per heavy atom. The van der Waals surface area contributed by atoms with Crippen LogP contribution in [0.15, 0.2) is 77.7 Å². The minimum Gasteiger partial charge on any atom is -0.326 e. The fourth-order valence-electron chi connectivity index (χ4n) is 2.70. The van der Waals surface area contributed by atoms with Gasteiger partial charge in [0.15, 0.2) is 0 Å². The normalized spacial score (nSPS) is 11.6. The molecule has 2 amide bonds. The lowest BCUT2D eigenvalue weighted by atomic mass is 10.1. The Bertz CT molecular complexity index is 1030. The highest BCUT2D eigenvalue weighted by molar-refractivity contribution is 8.00. The predicted molar refractivity (Wildman–Crippen MR) is 126 cm³/mol. The van der Waals surface area contributed by atoms with Gasteiger partial charge in [-0.05, 0) is 48.9 Å². The third-order valence-electron chi connectivity index (χ3n) is 4.24. The maximum Gasteiger partial charge on any atom is 0.237 e. The van der Waals surface area contributed by atoms with Crippen molar-refractivity contribution in [2.24, 2.45) is 0 Å². The first-order chi connectivity index (χ1) is 14.4. The van der Waals surface area contributed by atoms with E-state index in [-0.39, 0.29) is 17.1 Å². The van der Waals surface area contributed by atoms with E-state index in [9.17, 15) is 9.59 Å². The maximum absolute atomic E-state index is 12.5. The molecule has 0 radical (unpaired) electrons. The van der Waals surface area contributed by atoms with Crippen molar-refractivity contribution in [1.82, 2.24) is 0 Å². The molecule has 1 unspecified atom stereocenters. The summed E-state index contributed by atoms with van der Waals surface area (Å²) in [6.07, 6.45) is 0.320. The van der Waals surface area contributed by atoms with Crippen LogP contribution in [0.1, 0.15) is 12.5 Å². The van der Waals surface area contributed by atoms with E-state index in [2.05, 4.69) is 10.6 Å². The molecule has 1 atom stereocenters. The number of carbonyl (C=O) groups excluding carboxylic acids is 2. The van der Waals surface area contributed by atoms with Crippen LogP contribution in [-0.2, 0) is 16.0 Å². The van der Waals surface area contributed by atoms with Gasteiger partial charge < -0.3 is 10.6 Å². The molecular weight excluding hydrogens is 439 g/mol. The number of nitrogens with one attached hydrogen (secondary N) is 2. The highest BCUT2D eigenvalue weighted by Crippen LogP contribution is 2.31. The summed E-state index contributed by atoms with van der Waals surface area (Å²) in [5.74, 6) is -0.253. The molecule has 0 bridgehead atoms. The van der Waals surface area contributed by atoms with Crippen molar-refractivity contribution < 1.29 is 9.59 Å². The molecule has 4 nitrogen and oxygen atoms in total. The zero-order valence-electron chi connectivity index (χ0n) is 16.2. The Morgan fingerprint density at radius 2 is 1.60 bits per heavy atom. The van der Waals surface area contributed by atoms with Gasteiger partial charge in [-0.1, -0.05) is 59.6 Å². The van der Waals surface area contributed by atoms with Crippen LogP contribution in [0.25, 0.3) is 0 Å². The zero-order chi connectivity index (χ0) is 21.5. The lowest BCUT2D eigenvalue weighted by Gasteiger charge is -2.14. The Balaban J connectivity index is 1.53. The Kier molecular flexibility index (Phi) is 7.80. The molecular formula is C23H20Cl2N2O2S. The molecule has 0 saturated carbocycles. The summed E-state index contributed by atoms with van der Waals surface area (Å²) in [6.45, 7) is 1.81. The minimum absolute atomic E-state index is 0.0762. The van der Waals surface area contributed by atoms with Crippen LogP contribution >= 0.6 is 35.0 Å². The number of rotatable bonds is 7. The Hall–Kier alpha value is -2.47. The molecule has 0 aliphatic carbocycles. The Morgan fingerprint density at radius 3 is 2.30 bits per heavy atom. The van der Waals surface area contributed by atoms with Crippen molar-refractivity contribution in [2.45, 2.75) is 23.5 Å². The average Bonchev–Trinajstić information content (AvgIpc) is 2.73. The summed E-state index contributed by atoms with van der Waals surface area (Å²) in [5, 5.41) is 6.04. The van der Waals surface area contributed by atoms with Crippen molar-refractivity contribution >= 4 is 58.2 Å². The topological polar surface area (TPSA) is 58.2 Å². The fraction of sp³-hybridized carbons (Fsp3) is 0.130. The molecule has 3 aromatic rings. The molecule has 0 fully saturated rings. The van der Waals surface area contributed by atoms with Gasteiger partial charge in [0.2, 0.25) is 11.8 Å². The quantitative estimate of drug-likeness (QED) is 0.408. The predicted octanol–water partition coefficient (Wildman–Crippen LogP) is 6.29. The smallest absolute Gasteiger partial charge is 0.237 e. The second kappa shape index (κ2) is 10.5. The fourth-order valence-corrected chi connectivity index (χ4v) is 3.91. The van der Waals surface area contributed by atoms with Gasteiger partial charge in [-0.15, -0.1) is 11.8 Å². The Labute approximate surface area is 190 Å². The van der Waals surface area contributed by atoms with Gasteiger partial charge in [0.05, 0.1) is 27.4 Å². The summed E-state index contributed by atoms with van der Waals surface area (Å²) in [5.41, 5.74) is 2.16. The van der Waals surface area contributed by atoms with Gasteiger partial charge in [0.1, 0.15) is 0 Å². The first kappa shape index (κ1) is 22.2. The van der Waals surface area contributed by atoms with Crippen LogP contribution in [-0.4, -0.2) is 17.1 Å². The van der Waals surface area contributed by atoms with Gasteiger partial charge in [-0.2, -0.15) is 0 Å². The van der Waals surface area contributed by atoms with Crippen molar-refractivity contribution in [1.29, 1.82) is 0 Å². The minimum atomic E-state index is -0.349. The molecule has 0 aliphatic rings. The number of benzene rings is 3. The summed E-state index contributed by atoms with van der Waals surface area (Å²) >= 11 is 13.5.